The monoisotopic (exact) mass is 150 g/mol. The van der Waals surface area contributed by atoms with Gasteiger partial charge in [0.1, 0.15) is 11.4 Å². The van der Waals surface area contributed by atoms with Gasteiger partial charge in [-0.05, 0) is 35.0 Å². The molecule has 56 valence electrons. The van der Waals surface area contributed by atoms with E-state index in [2.05, 4.69) is 10.4 Å². The first-order valence-corrected chi connectivity index (χ1v) is 3.05. The summed E-state index contributed by atoms with van der Waals surface area (Å²) in [6, 6.07) is 4.53. The number of hydrogen-bond acceptors (Lipinski definition) is 4. The van der Waals surface area contributed by atoms with Crippen molar-refractivity contribution in [3.63, 3.8) is 0 Å². The molecule has 0 saturated carbocycles. The van der Waals surface area contributed by atoms with Crippen molar-refractivity contribution in [1.82, 2.24) is 0 Å². The van der Waals surface area contributed by atoms with Gasteiger partial charge in [-0.15, -0.1) is 9.81 Å². The van der Waals surface area contributed by atoms with E-state index < -0.39 is 0 Å². The second-order valence-electron chi connectivity index (χ2n) is 2.15. The van der Waals surface area contributed by atoms with Crippen LogP contribution in [0.25, 0.3) is 0 Å². The lowest BCUT2D eigenvalue weighted by Gasteiger charge is -1.94. The third kappa shape index (κ3) is 1.46. The second kappa shape index (κ2) is 3.01. The molecule has 0 aliphatic rings. The number of aryl methyl sites for hydroxylation is 1. The Morgan fingerprint density at radius 1 is 1.18 bits per heavy atom. The first-order chi connectivity index (χ1) is 5.27. The molecule has 1 aromatic rings. The molecule has 0 aromatic heterocycles. The van der Waals surface area contributed by atoms with E-state index in [0.29, 0.717) is 0 Å². The lowest BCUT2D eigenvalue weighted by atomic mass is 10.2. The molecule has 0 amide bonds. The number of nitrogens with zero attached hydrogens (tertiary/aromatic N) is 2. The van der Waals surface area contributed by atoms with Crippen molar-refractivity contribution >= 4 is 11.4 Å². The summed E-state index contributed by atoms with van der Waals surface area (Å²) in [5.74, 6) is 0. The largest absolute Gasteiger partial charge is 0.145 e. The van der Waals surface area contributed by atoms with Gasteiger partial charge in [0, 0.05) is 0 Å². The molecule has 1 rings (SSSR count). The van der Waals surface area contributed by atoms with E-state index in [1.807, 2.05) is 0 Å². The first kappa shape index (κ1) is 7.53. The highest BCUT2D eigenvalue weighted by atomic mass is 16.3. The van der Waals surface area contributed by atoms with Crippen LogP contribution in [0.15, 0.2) is 28.6 Å². The lowest BCUT2D eigenvalue weighted by Crippen LogP contribution is -1.71. The van der Waals surface area contributed by atoms with Crippen LogP contribution in [-0.4, -0.2) is 0 Å². The third-order valence-corrected chi connectivity index (χ3v) is 1.40. The van der Waals surface area contributed by atoms with Crippen molar-refractivity contribution in [3.8, 4) is 0 Å². The van der Waals surface area contributed by atoms with Crippen molar-refractivity contribution in [2.45, 2.75) is 6.92 Å². The minimum absolute atomic E-state index is 0.227. The van der Waals surface area contributed by atoms with Crippen molar-refractivity contribution in [1.29, 1.82) is 0 Å². The summed E-state index contributed by atoms with van der Waals surface area (Å²) >= 11 is 0. The SMILES string of the molecule is Cc1ccc(N=O)cc1N=O. The molecule has 1 aromatic carbocycles. The summed E-state index contributed by atoms with van der Waals surface area (Å²) < 4.78 is 0. The highest BCUT2D eigenvalue weighted by Crippen LogP contribution is 2.23. The highest BCUT2D eigenvalue weighted by Gasteiger charge is 1.99. The molecule has 0 unspecified atom stereocenters. The zero-order chi connectivity index (χ0) is 8.27. The second-order valence-corrected chi connectivity index (χ2v) is 2.15. The molecule has 0 aliphatic carbocycles. The summed E-state index contributed by atoms with van der Waals surface area (Å²) in [4.78, 5) is 20.1. The molecule has 0 spiro atoms. The maximum Gasteiger partial charge on any atom is 0.113 e. The quantitative estimate of drug-likeness (QED) is 0.608. The summed E-state index contributed by atoms with van der Waals surface area (Å²) in [5.41, 5.74) is 1.24. The van der Waals surface area contributed by atoms with Gasteiger partial charge in [0.2, 0.25) is 0 Å². The van der Waals surface area contributed by atoms with Gasteiger partial charge in [-0.3, -0.25) is 0 Å². The summed E-state index contributed by atoms with van der Waals surface area (Å²) in [6.45, 7) is 1.74. The van der Waals surface area contributed by atoms with Gasteiger partial charge in [0.15, 0.2) is 0 Å². The third-order valence-electron chi connectivity index (χ3n) is 1.40. The van der Waals surface area contributed by atoms with Crippen LogP contribution in [0.1, 0.15) is 5.56 Å². The Bertz CT molecular complexity index is 296. The molecule has 0 atom stereocenters. The molecule has 4 nitrogen and oxygen atoms in total. The molecule has 0 bridgehead atoms. The molecule has 0 saturated heterocycles. The average Bonchev–Trinajstić information content (AvgIpc) is 2.05. The van der Waals surface area contributed by atoms with E-state index >= 15 is 0 Å². The normalized spacial score (nSPS) is 9.18. The molecule has 4 heteroatoms. The van der Waals surface area contributed by atoms with Crippen LogP contribution >= 0.6 is 0 Å². The van der Waals surface area contributed by atoms with Crippen LogP contribution < -0.4 is 0 Å². The molecular weight excluding hydrogens is 144 g/mol. The van der Waals surface area contributed by atoms with Crippen molar-refractivity contribution < 1.29 is 0 Å². The Morgan fingerprint density at radius 2 is 1.91 bits per heavy atom. The predicted octanol–water partition coefficient (Wildman–Crippen LogP) is 2.79. The topological polar surface area (TPSA) is 58.9 Å². The van der Waals surface area contributed by atoms with Gasteiger partial charge in [0.05, 0.1) is 0 Å². The van der Waals surface area contributed by atoms with Gasteiger partial charge >= 0.3 is 0 Å². The van der Waals surface area contributed by atoms with Gasteiger partial charge in [0.25, 0.3) is 0 Å². The number of benzene rings is 1. The minimum atomic E-state index is 0.227. The van der Waals surface area contributed by atoms with Crippen LogP contribution in [-0.2, 0) is 0 Å². The van der Waals surface area contributed by atoms with E-state index in [9.17, 15) is 9.81 Å². The Labute approximate surface area is 63.2 Å². The van der Waals surface area contributed by atoms with Crippen molar-refractivity contribution in [2.75, 3.05) is 0 Å². The van der Waals surface area contributed by atoms with Gasteiger partial charge in [-0.1, -0.05) is 6.07 Å². The van der Waals surface area contributed by atoms with Crippen molar-refractivity contribution in [3.05, 3.63) is 33.6 Å². The predicted molar refractivity (Wildman–Crippen MR) is 42.1 cm³/mol. The summed E-state index contributed by atoms with van der Waals surface area (Å²) in [6.07, 6.45) is 0. The Morgan fingerprint density at radius 3 is 2.45 bits per heavy atom. The molecular formula is C7H6N2O2. The minimum Gasteiger partial charge on any atom is -0.145 e. The molecule has 0 heterocycles. The summed E-state index contributed by atoms with van der Waals surface area (Å²) in [5, 5.41) is 5.40. The van der Waals surface area contributed by atoms with Gasteiger partial charge < -0.3 is 0 Å². The van der Waals surface area contributed by atoms with Crippen LogP contribution in [0.4, 0.5) is 11.4 Å². The first-order valence-electron chi connectivity index (χ1n) is 3.05. The van der Waals surface area contributed by atoms with Crippen LogP contribution in [0.5, 0.6) is 0 Å². The number of hydrogen-bond donors (Lipinski definition) is 0. The van der Waals surface area contributed by atoms with E-state index in [0.717, 1.165) is 5.56 Å². The zero-order valence-electron chi connectivity index (χ0n) is 5.94. The highest BCUT2D eigenvalue weighted by molar-refractivity contribution is 5.54. The number of nitroso groups, excluding NO2 is 2. The maximum absolute atomic E-state index is 10.1. The van der Waals surface area contributed by atoms with Crippen LogP contribution in [0.3, 0.4) is 0 Å². The molecule has 11 heavy (non-hydrogen) atoms. The fraction of sp³-hybridized carbons (Fsp3) is 0.143. The lowest BCUT2D eigenvalue weighted by molar-refractivity contribution is 1.36. The summed E-state index contributed by atoms with van der Waals surface area (Å²) in [7, 11) is 0. The Balaban J connectivity index is 3.22. The molecule has 0 N–H and O–H groups in total. The number of rotatable bonds is 2. The molecule has 0 aliphatic heterocycles. The average molecular weight is 150 g/mol. The fourth-order valence-electron chi connectivity index (χ4n) is 0.753. The molecule has 0 radical (unpaired) electrons. The van der Waals surface area contributed by atoms with Crippen molar-refractivity contribution in [2.24, 2.45) is 10.4 Å². The van der Waals surface area contributed by atoms with Crippen LogP contribution in [0.2, 0.25) is 0 Å². The van der Waals surface area contributed by atoms with E-state index in [1.165, 1.54) is 12.1 Å². The standard InChI is InChI=1S/C7H6N2O2/c1-5-2-3-6(8-10)4-7(5)9-11/h2-4H,1H3. The zero-order valence-corrected chi connectivity index (χ0v) is 5.94. The van der Waals surface area contributed by atoms with E-state index in [-0.39, 0.29) is 11.4 Å². The Hall–Kier alpha value is -1.58. The Kier molecular flexibility index (Phi) is 2.06. The fourth-order valence-corrected chi connectivity index (χ4v) is 0.753. The van der Waals surface area contributed by atoms with E-state index in [1.54, 1.807) is 13.0 Å². The van der Waals surface area contributed by atoms with Gasteiger partial charge in [-0.25, -0.2) is 0 Å². The smallest absolute Gasteiger partial charge is 0.113 e. The van der Waals surface area contributed by atoms with E-state index in [4.69, 9.17) is 0 Å². The van der Waals surface area contributed by atoms with Crippen LogP contribution in [0, 0.1) is 16.7 Å². The maximum atomic E-state index is 10.1. The molecule has 0 fully saturated rings. The van der Waals surface area contributed by atoms with Gasteiger partial charge in [-0.2, -0.15) is 0 Å².